The van der Waals surface area contributed by atoms with Crippen LogP contribution in [-0.2, 0) is 4.79 Å². The van der Waals surface area contributed by atoms with Crippen molar-refractivity contribution in [2.45, 2.75) is 50.6 Å². The molecule has 1 saturated carbocycles. The Morgan fingerprint density at radius 1 is 1.25 bits per heavy atom. The molecule has 0 heterocycles. The summed E-state index contributed by atoms with van der Waals surface area (Å²) in [6.45, 7) is 1.94. The van der Waals surface area contributed by atoms with Crippen molar-refractivity contribution in [1.82, 2.24) is 4.90 Å². The van der Waals surface area contributed by atoms with Gasteiger partial charge in [-0.3, -0.25) is 4.79 Å². The second kappa shape index (κ2) is 5.92. The fraction of sp³-hybridized carbons (Fsp3) is 0.562. The fourth-order valence-electron chi connectivity index (χ4n) is 2.89. The van der Waals surface area contributed by atoms with E-state index in [1.807, 2.05) is 6.92 Å². The van der Waals surface area contributed by atoms with Crippen molar-refractivity contribution in [3.63, 3.8) is 0 Å². The van der Waals surface area contributed by atoms with Gasteiger partial charge in [0.25, 0.3) is 0 Å². The van der Waals surface area contributed by atoms with E-state index in [1.165, 1.54) is 12.1 Å². The van der Waals surface area contributed by atoms with Crippen molar-refractivity contribution in [1.29, 1.82) is 0 Å². The molecule has 4 heteroatoms. The van der Waals surface area contributed by atoms with Gasteiger partial charge in [0.2, 0.25) is 5.91 Å². The van der Waals surface area contributed by atoms with Crippen LogP contribution < -0.4 is 5.73 Å². The normalized spacial score (nSPS) is 19.4. The summed E-state index contributed by atoms with van der Waals surface area (Å²) >= 11 is 0. The number of rotatable bonds is 3. The molecular formula is C16H23FN2O. The van der Waals surface area contributed by atoms with Crippen molar-refractivity contribution in [2.24, 2.45) is 5.73 Å². The quantitative estimate of drug-likeness (QED) is 0.924. The monoisotopic (exact) mass is 278 g/mol. The molecule has 2 N–H and O–H groups in total. The third-order valence-electron chi connectivity index (χ3n) is 4.43. The van der Waals surface area contributed by atoms with E-state index in [2.05, 4.69) is 0 Å². The van der Waals surface area contributed by atoms with Crippen LogP contribution >= 0.6 is 0 Å². The van der Waals surface area contributed by atoms with Crippen LogP contribution in [0.2, 0.25) is 0 Å². The first-order valence-electron chi connectivity index (χ1n) is 7.26. The van der Waals surface area contributed by atoms with Gasteiger partial charge in [-0.05, 0) is 37.5 Å². The van der Waals surface area contributed by atoms with Crippen LogP contribution in [0.25, 0.3) is 0 Å². The molecule has 1 atom stereocenters. The van der Waals surface area contributed by atoms with Gasteiger partial charge in [-0.25, -0.2) is 4.39 Å². The molecule has 1 aliphatic rings. The number of halogens is 1. The minimum Gasteiger partial charge on any atom is -0.337 e. The lowest BCUT2D eigenvalue weighted by atomic mass is 9.81. The second-order valence-electron chi connectivity index (χ2n) is 5.86. The Morgan fingerprint density at radius 3 is 2.35 bits per heavy atom. The molecule has 2 rings (SSSR count). The summed E-state index contributed by atoms with van der Waals surface area (Å²) in [5, 5.41) is 0. The largest absolute Gasteiger partial charge is 0.337 e. The van der Waals surface area contributed by atoms with E-state index >= 15 is 0 Å². The zero-order valence-corrected chi connectivity index (χ0v) is 12.2. The number of nitrogens with two attached hydrogens (primary N) is 1. The molecule has 20 heavy (non-hydrogen) atoms. The maximum Gasteiger partial charge on any atom is 0.242 e. The maximum absolute atomic E-state index is 13.0. The smallest absolute Gasteiger partial charge is 0.242 e. The highest BCUT2D eigenvalue weighted by Crippen LogP contribution is 2.30. The van der Waals surface area contributed by atoms with Crippen molar-refractivity contribution in [3.05, 3.63) is 35.6 Å². The van der Waals surface area contributed by atoms with E-state index in [1.54, 1.807) is 24.1 Å². The lowest BCUT2D eigenvalue weighted by Gasteiger charge is -2.37. The Labute approximate surface area is 120 Å². The van der Waals surface area contributed by atoms with Crippen LogP contribution in [0.15, 0.2) is 24.3 Å². The van der Waals surface area contributed by atoms with Gasteiger partial charge in [-0.2, -0.15) is 0 Å². The van der Waals surface area contributed by atoms with Crippen molar-refractivity contribution in [3.8, 4) is 0 Å². The Bertz CT molecular complexity index is 466. The van der Waals surface area contributed by atoms with Gasteiger partial charge in [0.15, 0.2) is 0 Å². The topological polar surface area (TPSA) is 46.3 Å². The van der Waals surface area contributed by atoms with Crippen molar-refractivity contribution in [2.75, 3.05) is 7.05 Å². The Hall–Kier alpha value is -1.42. The van der Waals surface area contributed by atoms with Crippen molar-refractivity contribution < 1.29 is 9.18 Å². The average Bonchev–Trinajstić information content (AvgIpc) is 2.46. The molecule has 1 aromatic carbocycles. The number of carbonyl (C=O) groups is 1. The molecule has 1 fully saturated rings. The molecule has 1 aromatic rings. The molecular weight excluding hydrogens is 255 g/mol. The molecule has 0 saturated heterocycles. The Kier molecular flexibility index (Phi) is 4.43. The Balaban J connectivity index is 2.11. The van der Waals surface area contributed by atoms with Gasteiger partial charge in [0.05, 0.1) is 11.6 Å². The third kappa shape index (κ3) is 3.01. The van der Waals surface area contributed by atoms with Gasteiger partial charge in [-0.1, -0.05) is 31.4 Å². The van der Waals surface area contributed by atoms with Crippen LogP contribution in [0.3, 0.4) is 0 Å². The molecule has 0 aromatic heterocycles. The van der Waals surface area contributed by atoms with Crippen LogP contribution in [0.1, 0.15) is 50.6 Å². The molecule has 1 aliphatic carbocycles. The SMILES string of the molecule is CC(c1ccc(F)cc1)N(C)C(=O)C1(N)CCCCC1. The first-order chi connectivity index (χ1) is 9.44. The summed E-state index contributed by atoms with van der Waals surface area (Å²) in [7, 11) is 1.78. The van der Waals surface area contributed by atoms with E-state index in [4.69, 9.17) is 5.73 Å². The first kappa shape index (κ1) is 15.0. The van der Waals surface area contributed by atoms with Crippen LogP contribution in [0.4, 0.5) is 4.39 Å². The number of benzene rings is 1. The van der Waals surface area contributed by atoms with Gasteiger partial charge >= 0.3 is 0 Å². The summed E-state index contributed by atoms with van der Waals surface area (Å²) in [5.41, 5.74) is 6.49. The van der Waals surface area contributed by atoms with Gasteiger partial charge in [0.1, 0.15) is 5.82 Å². The first-order valence-corrected chi connectivity index (χ1v) is 7.26. The standard InChI is InChI=1S/C16H23FN2O/c1-12(13-6-8-14(17)9-7-13)19(2)15(20)16(18)10-4-3-5-11-16/h6-9,12H,3-5,10-11,18H2,1-2H3. The fourth-order valence-corrected chi connectivity index (χ4v) is 2.89. The molecule has 1 unspecified atom stereocenters. The van der Waals surface area contributed by atoms with Crippen molar-refractivity contribution >= 4 is 5.91 Å². The summed E-state index contributed by atoms with van der Waals surface area (Å²) < 4.78 is 13.0. The van der Waals surface area contributed by atoms with E-state index < -0.39 is 5.54 Å². The van der Waals surface area contributed by atoms with Gasteiger partial charge < -0.3 is 10.6 Å². The number of likely N-dealkylation sites (N-methyl/N-ethyl adjacent to an activating group) is 1. The van der Waals surface area contributed by atoms with E-state index in [-0.39, 0.29) is 17.8 Å². The van der Waals surface area contributed by atoms with Crippen LogP contribution in [0.5, 0.6) is 0 Å². The van der Waals surface area contributed by atoms with Crippen LogP contribution in [0, 0.1) is 5.82 Å². The molecule has 110 valence electrons. The van der Waals surface area contributed by atoms with Gasteiger partial charge in [-0.15, -0.1) is 0 Å². The average molecular weight is 278 g/mol. The minimum atomic E-state index is -0.721. The molecule has 3 nitrogen and oxygen atoms in total. The van der Waals surface area contributed by atoms with E-state index in [9.17, 15) is 9.18 Å². The molecule has 0 radical (unpaired) electrons. The summed E-state index contributed by atoms with van der Waals surface area (Å²) in [5.74, 6) is -0.272. The van der Waals surface area contributed by atoms with Crippen LogP contribution in [-0.4, -0.2) is 23.4 Å². The summed E-state index contributed by atoms with van der Waals surface area (Å²) in [4.78, 5) is 14.3. The van der Waals surface area contributed by atoms with E-state index in [0.29, 0.717) is 0 Å². The minimum absolute atomic E-state index is 0.00553. The lowest BCUT2D eigenvalue weighted by Crippen LogP contribution is -2.55. The maximum atomic E-state index is 13.0. The number of amides is 1. The number of carbonyl (C=O) groups excluding carboxylic acids is 1. The number of hydrogen-bond acceptors (Lipinski definition) is 2. The second-order valence-corrected chi connectivity index (χ2v) is 5.86. The highest BCUT2D eigenvalue weighted by atomic mass is 19.1. The zero-order valence-electron chi connectivity index (χ0n) is 12.2. The highest BCUT2D eigenvalue weighted by Gasteiger charge is 2.38. The summed E-state index contributed by atoms with van der Waals surface area (Å²) in [6, 6.07) is 6.17. The summed E-state index contributed by atoms with van der Waals surface area (Å²) in [6.07, 6.45) is 4.70. The molecule has 0 spiro atoms. The third-order valence-corrected chi connectivity index (χ3v) is 4.43. The van der Waals surface area contributed by atoms with Gasteiger partial charge in [0, 0.05) is 7.05 Å². The predicted octanol–water partition coefficient (Wildman–Crippen LogP) is 3.01. The number of hydrogen-bond donors (Lipinski definition) is 1. The molecule has 0 bridgehead atoms. The van der Waals surface area contributed by atoms with E-state index in [0.717, 1.165) is 37.7 Å². The lowest BCUT2D eigenvalue weighted by molar-refractivity contribution is -0.138. The zero-order chi connectivity index (χ0) is 14.8. The molecule has 0 aliphatic heterocycles. The highest BCUT2D eigenvalue weighted by molar-refractivity contribution is 5.86. The predicted molar refractivity (Wildman–Crippen MR) is 77.6 cm³/mol. The Morgan fingerprint density at radius 2 is 1.80 bits per heavy atom. The number of nitrogens with zero attached hydrogens (tertiary/aromatic N) is 1. The molecule has 1 amide bonds.